The van der Waals surface area contributed by atoms with Gasteiger partial charge in [0.25, 0.3) is 0 Å². The van der Waals surface area contributed by atoms with Crippen LogP contribution in [-0.2, 0) is 4.79 Å². The van der Waals surface area contributed by atoms with Gasteiger partial charge in [0.2, 0.25) is 5.91 Å². The zero-order valence-electron chi connectivity index (χ0n) is 22.9. The summed E-state index contributed by atoms with van der Waals surface area (Å²) in [5.41, 5.74) is 2.15. The zero-order chi connectivity index (χ0) is 25.9. The average molecular weight is 507 g/mol. The second-order valence-electron chi connectivity index (χ2n) is 13.7. The van der Waals surface area contributed by atoms with Crippen LogP contribution in [0.3, 0.4) is 0 Å². The second kappa shape index (κ2) is 9.41. The number of aromatic amines is 1. The van der Waals surface area contributed by atoms with Gasteiger partial charge in [-0.2, -0.15) is 0 Å². The summed E-state index contributed by atoms with van der Waals surface area (Å²) < 4.78 is 0. The first-order chi connectivity index (χ1) is 17.7. The highest BCUT2D eigenvalue weighted by Gasteiger charge is 2.63. The maximum absolute atomic E-state index is 12.8. The number of H-pyrrole nitrogens is 1. The zero-order valence-corrected chi connectivity index (χ0v) is 22.9. The minimum atomic E-state index is -0.266. The largest absolute Gasteiger partial charge is 0.393 e. The maximum atomic E-state index is 12.8. The highest BCUT2D eigenvalue weighted by molar-refractivity contribution is 5.93. The number of hydrogen-bond acceptors (Lipinski definition) is 3. The Morgan fingerprint density at radius 1 is 1.08 bits per heavy atom. The normalized spacial score (nSPS) is 42.0. The third-order valence-electron chi connectivity index (χ3n) is 12.2. The van der Waals surface area contributed by atoms with Gasteiger partial charge in [0.1, 0.15) is 0 Å². The smallest absolute Gasteiger partial charge is 0.224 e. The number of nitrogens with one attached hydrogen (secondary N) is 2. The number of anilines is 1. The maximum Gasteiger partial charge on any atom is 0.224 e. The van der Waals surface area contributed by atoms with E-state index in [2.05, 4.69) is 31.1 Å². The summed E-state index contributed by atoms with van der Waals surface area (Å²) in [6.07, 6.45) is 11.7. The Bertz CT molecular complexity index is 1140. The third kappa shape index (κ3) is 4.16. The van der Waals surface area contributed by atoms with Crippen LogP contribution in [0.5, 0.6) is 0 Å². The highest BCUT2D eigenvalue weighted by Crippen LogP contribution is 2.68. The first-order valence-corrected chi connectivity index (χ1v) is 14.9. The lowest BCUT2D eigenvalue weighted by atomic mass is 9.43. The van der Waals surface area contributed by atoms with Crippen LogP contribution >= 0.6 is 0 Å². The molecule has 0 unspecified atom stereocenters. The van der Waals surface area contributed by atoms with Crippen molar-refractivity contribution in [2.24, 2.45) is 46.3 Å². The monoisotopic (exact) mass is 506 g/mol. The van der Waals surface area contributed by atoms with Crippen molar-refractivity contribution in [2.45, 2.75) is 97.2 Å². The van der Waals surface area contributed by atoms with E-state index in [0.29, 0.717) is 41.9 Å². The Morgan fingerprint density at radius 2 is 1.92 bits per heavy atom. The molecule has 1 aromatic heterocycles. The molecule has 5 heteroatoms. The van der Waals surface area contributed by atoms with Crippen molar-refractivity contribution in [2.75, 3.05) is 5.32 Å². The van der Waals surface area contributed by atoms with Crippen molar-refractivity contribution in [1.82, 2.24) is 4.98 Å². The number of aromatic nitrogens is 1. The molecule has 1 heterocycles. The Morgan fingerprint density at radius 3 is 2.76 bits per heavy atom. The molecule has 1 aromatic carbocycles. The van der Waals surface area contributed by atoms with Crippen LogP contribution < -0.4 is 5.32 Å². The summed E-state index contributed by atoms with van der Waals surface area (Å²) in [4.78, 5) is 16.0. The van der Waals surface area contributed by atoms with Gasteiger partial charge < -0.3 is 20.5 Å². The Hall–Kier alpha value is -1.85. The standard InChI is InChI=1S/C32H46N2O3/c1-19(4-11-30(37)34-22-6-10-28-20(16-22)13-15-33-28)25-8-9-26-24-7-5-21-17-23(35)12-14-31(21,2)27(24)18-29(36)32(25,26)3/h6,10,13,15-16,19,21,23-27,29,33,35-36H,4-5,7-9,11-12,14,17-18H2,1-3H3,(H,34,37)/t19-,21-,23-,24+,25-,26+,27+,29+,31+,32-/m1/s1. The Kier molecular flexibility index (Phi) is 6.47. The predicted molar refractivity (Wildman–Crippen MR) is 148 cm³/mol. The molecular formula is C32H46N2O3. The van der Waals surface area contributed by atoms with E-state index in [0.717, 1.165) is 48.7 Å². The van der Waals surface area contributed by atoms with Gasteiger partial charge in [-0.25, -0.2) is 0 Å². The van der Waals surface area contributed by atoms with Crippen LogP contribution in [0, 0.1) is 46.3 Å². The van der Waals surface area contributed by atoms with E-state index in [4.69, 9.17) is 0 Å². The summed E-state index contributed by atoms with van der Waals surface area (Å²) in [6.45, 7) is 7.19. The molecule has 4 N–H and O–H groups in total. The van der Waals surface area contributed by atoms with E-state index >= 15 is 0 Å². The van der Waals surface area contributed by atoms with E-state index in [-0.39, 0.29) is 28.9 Å². The van der Waals surface area contributed by atoms with Crippen molar-refractivity contribution >= 4 is 22.5 Å². The molecule has 0 aliphatic heterocycles. The molecule has 10 atom stereocenters. The van der Waals surface area contributed by atoms with Crippen LogP contribution in [0.15, 0.2) is 30.5 Å². The van der Waals surface area contributed by atoms with E-state index in [1.807, 2.05) is 30.5 Å². The van der Waals surface area contributed by atoms with Crippen LogP contribution in [-0.4, -0.2) is 33.3 Å². The number of hydrogen-bond donors (Lipinski definition) is 4. The molecule has 4 fully saturated rings. The van der Waals surface area contributed by atoms with Gasteiger partial charge in [-0.3, -0.25) is 4.79 Å². The lowest BCUT2D eigenvalue weighted by Crippen LogP contribution is -2.58. The molecule has 4 aliphatic carbocycles. The highest BCUT2D eigenvalue weighted by atomic mass is 16.3. The molecule has 0 bridgehead atoms. The molecule has 0 spiro atoms. The molecule has 0 saturated heterocycles. The fraction of sp³-hybridized carbons (Fsp3) is 0.719. The molecule has 1 amide bonds. The minimum absolute atomic E-state index is 0.0479. The van der Waals surface area contributed by atoms with Gasteiger partial charge in [0.05, 0.1) is 12.2 Å². The Labute approximate surface area is 221 Å². The van der Waals surface area contributed by atoms with Gasteiger partial charge in [-0.15, -0.1) is 0 Å². The molecule has 5 nitrogen and oxygen atoms in total. The van der Waals surface area contributed by atoms with Gasteiger partial charge in [-0.05, 0) is 128 Å². The van der Waals surface area contributed by atoms with Crippen LogP contribution in [0.25, 0.3) is 10.9 Å². The number of amides is 1. The molecule has 2 aromatic rings. The van der Waals surface area contributed by atoms with Crippen LogP contribution in [0.2, 0.25) is 0 Å². The molecule has 37 heavy (non-hydrogen) atoms. The van der Waals surface area contributed by atoms with Gasteiger partial charge in [0.15, 0.2) is 0 Å². The number of rotatable bonds is 5. The summed E-state index contributed by atoms with van der Waals surface area (Å²) in [5.74, 6) is 3.45. The first kappa shape index (κ1) is 25.4. The van der Waals surface area contributed by atoms with Crippen molar-refractivity contribution in [3.63, 3.8) is 0 Å². The van der Waals surface area contributed by atoms with E-state index in [1.54, 1.807) is 0 Å². The lowest BCUT2D eigenvalue weighted by molar-refractivity contribution is -0.174. The fourth-order valence-corrected chi connectivity index (χ4v) is 10.1. The van der Waals surface area contributed by atoms with Gasteiger partial charge >= 0.3 is 0 Å². The number of aliphatic hydroxyl groups is 2. The number of benzene rings is 1. The summed E-state index contributed by atoms with van der Waals surface area (Å²) in [6, 6.07) is 8.01. The molecule has 0 radical (unpaired) electrons. The average Bonchev–Trinajstić information content (AvgIpc) is 3.48. The molecular weight excluding hydrogens is 460 g/mol. The number of aliphatic hydroxyl groups excluding tert-OH is 2. The molecule has 202 valence electrons. The van der Waals surface area contributed by atoms with Crippen molar-refractivity contribution in [3.8, 4) is 0 Å². The van der Waals surface area contributed by atoms with Crippen LogP contribution in [0.1, 0.15) is 85.0 Å². The van der Waals surface area contributed by atoms with Crippen molar-refractivity contribution in [3.05, 3.63) is 30.5 Å². The summed E-state index contributed by atoms with van der Waals surface area (Å²) >= 11 is 0. The topological polar surface area (TPSA) is 85.4 Å². The van der Waals surface area contributed by atoms with Crippen molar-refractivity contribution < 1.29 is 15.0 Å². The molecule has 4 saturated carbocycles. The Balaban J connectivity index is 1.11. The first-order valence-electron chi connectivity index (χ1n) is 14.9. The third-order valence-corrected chi connectivity index (χ3v) is 12.2. The second-order valence-corrected chi connectivity index (χ2v) is 13.7. The number of carbonyl (C=O) groups excluding carboxylic acids is 1. The summed E-state index contributed by atoms with van der Waals surface area (Å²) in [5, 5.41) is 26.3. The number of fused-ring (bicyclic) bond motifs is 6. The molecule has 6 rings (SSSR count). The van der Waals surface area contributed by atoms with E-state index in [1.165, 1.54) is 25.7 Å². The van der Waals surface area contributed by atoms with Crippen LogP contribution in [0.4, 0.5) is 5.69 Å². The predicted octanol–water partition coefficient (Wildman–Crippen LogP) is 6.51. The fourth-order valence-electron chi connectivity index (χ4n) is 10.1. The molecule has 4 aliphatic rings. The van der Waals surface area contributed by atoms with Gasteiger partial charge in [0, 0.05) is 29.2 Å². The lowest BCUT2D eigenvalue weighted by Gasteiger charge is -2.62. The quantitative estimate of drug-likeness (QED) is 0.373. The summed E-state index contributed by atoms with van der Waals surface area (Å²) in [7, 11) is 0. The van der Waals surface area contributed by atoms with Crippen molar-refractivity contribution in [1.29, 1.82) is 0 Å². The van der Waals surface area contributed by atoms with E-state index in [9.17, 15) is 15.0 Å². The minimum Gasteiger partial charge on any atom is -0.393 e. The SMILES string of the molecule is C[C@H](CCC(=O)Nc1ccc2[nH]ccc2c1)[C@H]1CC[C@H]2[C@@H]3CC[C@@H]4C[C@H](O)CC[C@]4(C)[C@H]3C[C@H](O)[C@]12C. The van der Waals surface area contributed by atoms with E-state index < -0.39 is 0 Å². The van der Waals surface area contributed by atoms with Gasteiger partial charge in [-0.1, -0.05) is 20.8 Å². The number of carbonyl (C=O) groups is 1.